The fraction of sp³-hybridized carbons (Fsp3) is 0.273. The van der Waals surface area contributed by atoms with Crippen molar-refractivity contribution in [3.05, 3.63) is 58.0 Å². The van der Waals surface area contributed by atoms with E-state index in [-0.39, 0.29) is 0 Å². The van der Waals surface area contributed by atoms with Crippen LogP contribution in [0.15, 0.2) is 41.4 Å². The monoisotopic (exact) mass is 360 g/mol. The van der Waals surface area contributed by atoms with Crippen LogP contribution < -0.4 is 4.74 Å². The third kappa shape index (κ3) is 3.00. The van der Waals surface area contributed by atoms with E-state index in [1.165, 1.54) is 23.3 Å². The second-order valence-electron chi connectivity index (χ2n) is 6.39. The second-order valence-corrected chi connectivity index (χ2v) is 7.48. The van der Waals surface area contributed by atoms with E-state index < -0.39 is 0 Å². The maximum atomic E-state index is 9.63. The Morgan fingerprint density at radius 1 is 1.19 bits per heavy atom. The molecule has 0 aliphatic heterocycles. The zero-order valence-electron chi connectivity index (χ0n) is 14.8. The molecule has 0 unspecified atom stereocenters. The Kier molecular flexibility index (Phi) is 4.73. The summed E-state index contributed by atoms with van der Waals surface area (Å²) in [6.45, 7) is 2.59. The molecular weight excluding hydrogens is 340 g/mol. The fourth-order valence-electron chi connectivity index (χ4n) is 3.57. The maximum absolute atomic E-state index is 9.63. The Labute approximate surface area is 157 Å². The minimum Gasteiger partial charge on any atom is -0.493 e. The average molecular weight is 360 g/mol. The topological polar surface area (TPSA) is 45.4 Å². The highest BCUT2D eigenvalue weighted by Gasteiger charge is 2.20. The van der Waals surface area contributed by atoms with Crippen molar-refractivity contribution in [2.24, 2.45) is 4.99 Å². The van der Waals surface area contributed by atoms with Crippen molar-refractivity contribution in [1.29, 1.82) is 5.26 Å². The van der Waals surface area contributed by atoms with Gasteiger partial charge in [-0.25, -0.2) is 4.99 Å². The minimum atomic E-state index is 0.607. The summed E-state index contributed by atoms with van der Waals surface area (Å²) in [6.07, 6.45) is 6.32. The molecule has 26 heavy (non-hydrogen) atoms. The van der Waals surface area contributed by atoms with E-state index in [0.717, 1.165) is 45.5 Å². The highest BCUT2D eigenvalue weighted by Crippen LogP contribution is 2.39. The number of aliphatic imine (C=N–C) groups is 1. The van der Waals surface area contributed by atoms with Crippen molar-refractivity contribution in [2.45, 2.75) is 32.6 Å². The molecular formula is C22H20N2OS. The maximum Gasteiger partial charge on any atom is 0.134 e. The number of hydrogen-bond acceptors (Lipinski definition) is 4. The molecule has 0 spiro atoms. The normalized spacial score (nSPS) is 13.7. The molecule has 0 atom stereocenters. The van der Waals surface area contributed by atoms with Gasteiger partial charge in [-0.2, -0.15) is 5.26 Å². The summed E-state index contributed by atoms with van der Waals surface area (Å²) in [6, 6.07) is 14.7. The lowest BCUT2D eigenvalue weighted by Gasteiger charge is -2.10. The van der Waals surface area contributed by atoms with Gasteiger partial charge in [0.2, 0.25) is 0 Å². The van der Waals surface area contributed by atoms with E-state index in [1.54, 1.807) is 11.3 Å². The van der Waals surface area contributed by atoms with Crippen molar-refractivity contribution < 1.29 is 4.74 Å². The van der Waals surface area contributed by atoms with Crippen molar-refractivity contribution in [1.82, 2.24) is 0 Å². The van der Waals surface area contributed by atoms with Crippen LogP contribution in [0, 0.1) is 11.3 Å². The first kappa shape index (κ1) is 16.8. The molecule has 1 heterocycles. The molecule has 4 rings (SSSR count). The molecule has 0 radical (unpaired) electrons. The molecule has 3 aromatic rings. The Hall–Kier alpha value is -2.64. The van der Waals surface area contributed by atoms with E-state index in [0.29, 0.717) is 6.61 Å². The lowest BCUT2D eigenvalue weighted by molar-refractivity contribution is 0.340. The molecule has 2 aromatic carbocycles. The summed E-state index contributed by atoms with van der Waals surface area (Å²) >= 11 is 1.67. The van der Waals surface area contributed by atoms with Gasteiger partial charge in [0.1, 0.15) is 16.8 Å². The van der Waals surface area contributed by atoms with Crippen molar-refractivity contribution in [3.8, 4) is 11.8 Å². The first-order chi connectivity index (χ1) is 12.8. The largest absolute Gasteiger partial charge is 0.493 e. The van der Waals surface area contributed by atoms with Gasteiger partial charge in [-0.15, -0.1) is 11.3 Å². The predicted octanol–water partition coefficient (Wildman–Crippen LogP) is 5.80. The summed E-state index contributed by atoms with van der Waals surface area (Å²) in [5.74, 6) is 0.828. The van der Waals surface area contributed by atoms with Crippen LogP contribution in [-0.4, -0.2) is 12.8 Å². The molecule has 1 aliphatic carbocycles. The number of aryl methyl sites for hydroxylation is 1. The molecule has 1 aromatic heterocycles. The molecule has 0 bridgehead atoms. The van der Waals surface area contributed by atoms with Crippen LogP contribution >= 0.6 is 11.3 Å². The van der Waals surface area contributed by atoms with Crippen molar-refractivity contribution in [2.75, 3.05) is 6.61 Å². The van der Waals surface area contributed by atoms with Crippen molar-refractivity contribution >= 4 is 33.3 Å². The molecule has 3 nitrogen and oxygen atoms in total. The highest BCUT2D eigenvalue weighted by molar-refractivity contribution is 7.16. The molecule has 0 N–H and O–H groups in total. The van der Waals surface area contributed by atoms with Crippen LogP contribution in [-0.2, 0) is 12.8 Å². The number of ether oxygens (including phenoxy) is 1. The number of hydrogen-bond donors (Lipinski definition) is 0. The van der Waals surface area contributed by atoms with Gasteiger partial charge in [0.25, 0.3) is 0 Å². The number of rotatable bonds is 4. The Bertz CT molecular complexity index is 1030. The van der Waals surface area contributed by atoms with Gasteiger partial charge in [-0.05, 0) is 55.0 Å². The van der Waals surface area contributed by atoms with Crippen LogP contribution in [0.4, 0.5) is 5.00 Å². The molecule has 0 saturated heterocycles. The predicted molar refractivity (Wildman–Crippen MR) is 108 cm³/mol. The molecule has 1 aliphatic rings. The Morgan fingerprint density at radius 2 is 2.04 bits per heavy atom. The second kappa shape index (κ2) is 7.31. The quantitative estimate of drug-likeness (QED) is 0.552. The summed E-state index contributed by atoms with van der Waals surface area (Å²) in [4.78, 5) is 6.07. The van der Waals surface area contributed by atoms with Crippen molar-refractivity contribution in [3.63, 3.8) is 0 Å². The average Bonchev–Trinajstić information content (AvgIpc) is 3.04. The van der Waals surface area contributed by atoms with E-state index in [1.807, 2.05) is 31.3 Å². The third-order valence-corrected chi connectivity index (χ3v) is 6.01. The van der Waals surface area contributed by atoms with Crippen LogP contribution in [0.3, 0.4) is 0 Å². The lowest BCUT2D eigenvalue weighted by atomic mass is 9.96. The van der Waals surface area contributed by atoms with Gasteiger partial charge in [-0.1, -0.05) is 30.3 Å². The molecule has 130 valence electrons. The van der Waals surface area contributed by atoms with E-state index in [2.05, 4.69) is 24.3 Å². The summed E-state index contributed by atoms with van der Waals surface area (Å²) in [5, 5.41) is 12.7. The van der Waals surface area contributed by atoms with Gasteiger partial charge in [0.15, 0.2) is 0 Å². The molecule has 0 saturated carbocycles. The fourth-order valence-corrected chi connectivity index (χ4v) is 4.75. The molecule has 0 amide bonds. The standard InChI is InChI=1S/C22H20N2OS/c1-2-25-20-12-11-15-7-3-4-8-16(15)19(20)14-24-22-18(13-23)17-9-5-6-10-21(17)26-22/h3-4,7-8,11-12,14H,2,5-6,9-10H2,1H3. The van der Waals surface area contributed by atoms with Gasteiger partial charge in [0.05, 0.1) is 12.2 Å². The number of nitrogens with zero attached hydrogens (tertiary/aromatic N) is 2. The van der Waals surface area contributed by atoms with Crippen LogP contribution in [0.5, 0.6) is 5.75 Å². The first-order valence-electron chi connectivity index (χ1n) is 9.05. The third-order valence-electron chi connectivity index (χ3n) is 4.81. The lowest BCUT2D eigenvalue weighted by Crippen LogP contribution is -1.99. The summed E-state index contributed by atoms with van der Waals surface area (Å²) < 4.78 is 5.82. The van der Waals surface area contributed by atoms with E-state index in [9.17, 15) is 5.26 Å². The zero-order chi connectivity index (χ0) is 17.9. The minimum absolute atomic E-state index is 0.607. The number of benzene rings is 2. The van der Waals surface area contributed by atoms with E-state index >= 15 is 0 Å². The van der Waals surface area contributed by atoms with Gasteiger partial charge in [0, 0.05) is 16.7 Å². The molecule has 0 fully saturated rings. The van der Waals surface area contributed by atoms with Crippen LogP contribution in [0.25, 0.3) is 10.8 Å². The number of thiophene rings is 1. The molecule has 4 heteroatoms. The van der Waals surface area contributed by atoms with Crippen LogP contribution in [0.1, 0.15) is 41.3 Å². The highest BCUT2D eigenvalue weighted by atomic mass is 32.1. The smallest absolute Gasteiger partial charge is 0.134 e. The first-order valence-corrected chi connectivity index (χ1v) is 9.86. The summed E-state index contributed by atoms with van der Waals surface area (Å²) in [7, 11) is 0. The Morgan fingerprint density at radius 3 is 2.88 bits per heavy atom. The van der Waals surface area contributed by atoms with Gasteiger partial charge in [-0.3, -0.25) is 0 Å². The number of nitriles is 1. The van der Waals surface area contributed by atoms with Crippen LogP contribution in [0.2, 0.25) is 0 Å². The zero-order valence-corrected chi connectivity index (χ0v) is 15.6. The van der Waals surface area contributed by atoms with Gasteiger partial charge >= 0.3 is 0 Å². The summed E-state index contributed by atoms with van der Waals surface area (Å²) in [5.41, 5.74) is 2.96. The van der Waals surface area contributed by atoms with Gasteiger partial charge < -0.3 is 4.74 Å². The SMILES string of the molecule is CCOc1ccc2ccccc2c1C=Nc1sc2c(c1C#N)CCCC2. The van der Waals surface area contributed by atoms with E-state index in [4.69, 9.17) is 9.73 Å². The number of fused-ring (bicyclic) bond motifs is 2. The Balaban J connectivity index is 1.81.